The van der Waals surface area contributed by atoms with E-state index >= 15 is 0 Å². The zero-order valence-corrected chi connectivity index (χ0v) is 14.8. The standard InChI is InChI=1S/C16H23BrO3S/c1-2-3-4-5-6-7-8-11-21(20)13-9-10-15(17)14(12-13)16(18)19/h9-10,12H,2-8,11H2,1H3,(H,18,19). The number of rotatable bonds is 10. The minimum absolute atomic E-state index is 0.167. The van der Waals surface area contributed by atoms with Crippen molar-refractivity contribution in [2.75, 3.05) is 5.75 Å². The van der Waals surface area contributed by atoms with Crippen LogP contribution in [0.4, 0.5) is 0 Å². The van der Waals surface area contributed by atoms with Gasteiger partial charge in [0.15, 0.2) is 0 Å². The van der Waals surface area contributed by atoms with E-state index in [1.54, 1.807) is 12.1 Å². The molecule has 1 atom stereocenters. The van der Waals surface area contributed by atoms with Gasteiger partial charge in [0.25, 0.3) is 0 Å². The Hall–Kier alpha value is -0.680. The Balaban J connectivity index is 2.39. The van der Waals surface area contributed by atoms with Gasteiger partial charge in [-0.2, -0.15) is 0 Å². The fourth-order valence-corrected chi connectivity index (χ4v) is 3.71. The van der Waals surface area contributed by atoms with Crippen molar-refractivity contribution >= 4 is 32.7 Å². The van der Waals surface area contributed by atoms with E-state index in [1.165, 1.54) is 38.2 Å². The van der Waals surface area contributed by atoms with E-state index in [-0.39, 0.29) is 5.56 Å². The number of carboxylic acids is 1. The van der Waals surface area contributed by atoms with Crippen molar-refractivity contribution in [3.8, 4) is 0 Å². The lowest BCUT2D eigenvalue weighted by Crippen LogP contribution is -2.03. The summed E-state index contributed by atoms with van der Waals surface area (Å²) in [5.41, 5.74) is 0.167. The third-order valence-corrected chi connectivity index (χ3v) is 5.50. The van der Waals surface area contributed by atoms with Crippen LogP contribution >= 0.6 is 15.9 Å². The van der Waals surface area contributed by atoms with E-state index in [2.05, 4.69) is 22.9 Å². The molecule has 118 valence electrons. The summed E-state index contributed by atoms with van der Waals surface area (Å²) in [7, 11) is -1.11. The van der Waals surface area contributed by atoms with Crippen molar-refractivity contribution in [2.24, 2.45) is 0 Å². The molecule has 5 heteroatoms. The maximum atomic E-state index is 12.2. The lowest BCUT2D eigenvalue weighted by Gasteiger charge is -2.05. The molecule has 21 heavy (non-hydrogen) atoms. The van der Waals surface area contributed by atoms with Crippen LogP contribution in [-0.2, 0) is 10.8 Å². The van der Waals surface area contributed by atoms with Crippen LogP contribution in [0.3, 0.4) is 0 Å². The zero-order valence-electron chi connectivity index (χ0n) is 12.4. The molecule has 1 unspecified atom stereocenters. The number of halogens is 1. The van der Waals surface area contributed by atoms with Crippen molar-refractivity contribution in [2.45, 2.75) is 56.8 Å². The zero-order chi connectivity index (χ0) is 15.7. The Kier molecular flexibility index (Phi) is 8.85. The van der Waals surface area contributed by atoms with Gasteiger partial charge in [0.05, 0.1) is 16.4 Å². The van der Waals surface area contributed by atoms with E-state index in [4.69, 9.17) is 5.11 Å². The SMILES string of the molecule is CCCCCCCCCS(=O)c1ccc(Br)c(C(=O)O)c1. The summed E-state index contributed by atoms with van der Waals surface area (Å²) < 4.78 is 12.7. The highest BCUT2D eigenvalue weighted by atomic mass is 79.9. The summed E-state index contributed by atoms with van der Waals surface area (Å²) in [6.07, 6.45) is 8.30. The second kappa shape index (κ2) is 10.1. The lowest BCUT2D eigenvalue weighted by atomic mass is 10.1. The van der Waals surface area contributed by atoms with Gasteiger partial charge in [-0.15, -0.1) is 0 Å². The maximum absolute atomic E-state index is 12.2. The van der Waals surface area contributed by atoms with Crippen molar-refractivity contribution in [1.29, 1.82) is 0 Å². The maximum Gasteiger partial charge on any atom is 0.336 e. The molecule has 0 aliphatic heterocycles. The number of carbonyl (C=O) groups is 1. The number of aromatic carboxylic acids is 1. The van der Waals surface area contributed by atoms with Gasteiger partial charge in [0.1, 0.15) is 0 Å². The van der Waals surface area contributed by atoms with Crippen molar-refractivity contribution in [3.05, 3.63) is 28.2 Å². The molecule has 0 amide bonds. The summed E-state index contributed by atoms with van der Waals surface area (Å²) in [4.78, 5) is 11.7. The first-order valence-corrected chi connectivity index (χ1v) is 9.58. The number of unbranched alkanes of at least 4 members (excludes halogenated alkanes) is 6. The van der Waals surface area contributed by atoms with Crippen LogP contribution in [0.2, 0.25) is 0 Å². The predicted molar refractivity (Wildman–Crippen MR) is 90.4 cm³/mol. The minimum Gasteiger partial charge on any atom is -0.478 e. The highest BCUT2D eigenvalue weighted by Gasteiger charge is 2.12. The number of hydrogen-bond donors (Lipinski definition) is 1. The molecule has 1 N–H and O–H groups in total. The first kappa shape index (κ1) is 18.4. The van der Waals surface area contributed by atoms with Crippen LogP contribution < -0.4 is 0 Å². The monoisotopic (exact) mass is 374 g/mol. The highest BCUT2D eigenvalue weighted by molar-refractivity contribution is 9.10. The average Bonchev–Trinajstić information content (AvgIpc) is 2.46. The van der Waals surface area contributed by atoms with Gasteiger partial charge >= 0.3 is 5.97 Å². The third-order valence-electron chi connectivity index (χ3n) is 3.36. The van der Waals surface area contributed by atoms with Gasteiger partial charge in [0.2, 0.25) is 0 Å². The van der Waals surface area contributed by atoms with Crippen LogP contribution in [0.5, 0.6) is 0 Å². The molecule has 1 aromatic carbocycles. The molecule has 1 aromatic rings. The quantitative estimate of drug-likeness (QED) is 0.585. The Morgan fingerprint density at radius 3 is 2.38 bits per heavy atom. The van der Waals surface area contributed by atoms with Crippen molar-refractivity contribution in [3.63, 3.8) is 0 Å². The Morgan fingerprint density at radius 2 is 1.76 bits per heavy atom. The molecular formula is C16H23BrO3S. The molecule has 0 aliphatic carbocycles. The van der Waals surface area contributed by atoms with Gasteiger partial charge < -0.3 is 5.11 Å². The predicted octanol–water partition coefficient (Wildman–Crippen LogP) is 5.01. The van der Waals surface area contributed by atoms with E-state index in [0.29, 0.717) is 15.1 Å². The second-order valence-electron chi connectivity index (χ2n) is 5.12. The molecule has 0 aromatic heterocycles. The van der Waals surface area contributed by atoms with E-state index < -0.39 is 16.8 Å². The highest BCUT2D eigenvalue weighted by Crippen LogP contribution is 2.21. The number of carboxylic acid groups (broad SMARTS) is 1. The van der Waals surface area contributed by atoms with E-state index in [9.17, 15) is 9.00 Å². The van der Waals surface area contributed by atoms with Crippen LogP contribution in [0.1, 0.15) is 62.2 Å². The fraction of sp³-hybridized carbons (Fsp3) is 0.562. The molecule has 0 spiro atoms. The average molecular weight is 375 g/mol. The van der Waals surface area contributed by atoms with Crippen LogP contribution in [0.25, 0.3) is 0 Å². The summed E-state index contributed by atoms with van der Waals surface area (Å²) >= 11 is 3.19. The Labute approximate surface area is 137 Å². The van der Waals surface area contributed by atoms with E-state index in [0.717, 1.165) is 12.8 Å². The topological polar surface area (TPSA) is 54.4 Å². The largest absolute Gasteiger partial charge is 0.478 e. The van der Waals surface area contributed by atoms with Gasteiger partial charge in [-0.3, -0.25) is 4.21 Å². The summed E-state index contributed by atoms with van der Waals surface area (Å²) in [5, 5.41) is 9.06. The summed E-state index contributed by atoms with van der Waals surface area (Å²) in [6, 6.07) is 4.89. The molecule has 0 saturated heterocycles. The molecule has 0 bridgehead atoms. The Morgan fingerprint density at radius 1 is 1.14 bits per heavy atom. The molecule has 0 saturated carbocycles. The number of hydrogen-bond acceptors (Lipinski definition) is 2. The second-order valence-corrected chi connectivity index (χ2v) is 7.54. The molecule has 0 radical (unpaired) electrons. The van der Waals surface area contributed by atoms with Crippen LogP contribution in [0.15, 0.2) is 27.6 Å². The van der Waals surface area contributed by atoms with Gasteiger partial charge in [-0.05, 0) is 40.5 Å². The molecular weight excluding hydrogens is 352 g/mol. The molecule has 1 rings (SSSR count). The fourth-order valence-electron chi connectivity index (χ4n) is 2.12. The number of benzene rings is 1. The molecule has 0 fully saturated rings. The first-order chi connectivity index (χ1) is 10.1. The molecule has 0 aliphatic rings. The van der Waals surface area contributed by atoms with E-state index in [1.807, 2.05) is 0 Å². The molecule has 0 heterocycles. The minimum atomic E-state index is -1.11. The van der Waals surface area contributed by atoms with Crippen LogP contribution in [0, 0.1) is 0 Å². The molecule has 3 nitrogen and oxygen atoms in total. The van der Waals surface area contributed by atoms with Gasteiger partial charge in [0, 0.05) is 15.1 Å². The van der Waals surface area contributed by atoms with Gasteiger partial charge in [-0.25, -0.2) is 4.79 Å². The third kappa shape index (κ3) is 6.74. The van der Waals surface area contributed by atoms with Gasteiger partial charge in [-0.1, -0.05) is 45.4 Å². The smallest absolute Gasteiger partial charge is 0.336 e. The lowest BCUT2D eigenvalue weighted by molar-refractivity contribution is 0.0695. The summed E-state index contributed by atoms with van der Waals surface area (Å²) in [6.45, 7) is 2.20. The first-order valence-electron chi connectivity index (χ1n) is 7.47. The summed E-state index contributed by atoms with van der Waals surface area (Å²) in [5.74, 6) is -0.397. The Bertz CT molecular complexity index is 488. The van der Waals surface area contributed by atoms with Crippen molar-refractivity contribution < 1.29 is 14.1 Å². The normalized spacial score (nSPS) is 12.3. The van der Waals surface area contributed by atoms with Crippen molar-refractivity contribution in [1.82, 2.24) is 0 Å². The van der Waals surface area contributed by atoms with Crippen LogP contribution in [-0.4, -0.2) is 21.0 Å².